The molecular weight excluding hydrogens is 1050 g/mol. The molecule has 6 heterocycles. The van der Waals surface area contributed by atoms with Crippen LogP contribution in [0.2, 0.25) is 0 Å². The van der Waals surface area contributed by atoms with E-state index in [1.807, 2.05) is 73.6 Å². The second-order valence-corrected chi connectivity index (χ2v) is 22.4. The molecule has 0 saturated carbocycles. The Morgan fingerprint density at radius 1 is 0.343 bits per heavy atom. The molecule has 0 fully saturated rings. The van der Waals surface area contributed by atoms with Gasteiger partial charge >= 0.3 is 116 Å². The van der Waals surface area contributed by atoms with E-state index in [1.165, 1.54) is 16.7 Å². The van der Waals surface area contributed by atoms with E-state index in [-0.39, 0.29) is 33.0 Å². The molecule has 0 amide bonds. The normalized spacial score (nSPS) is 15.1. The first-order valence-corrected chi connectivity index (χ1v) is 24.2. The van der Waals surface area contributed by atoms with Crippen LogP contribution in [-0.2, 0) is 33.0 Å². The molecule has 6 aromatic rings. The molecule has 67 heavy (non-hydrogen) atoms. The molecule has 6 rings (SSSR count). The van der Waals surface area contributed by atoms with Crippen molar-refractivity contribution in [3.63, 3.8) is 0 Å². The van der Waals surface area contributed by atoms with Crippen LogP contribution in [0, 0.1) is 0 Å². The fraction of sp³-hybridized carbons (Fsp3) is 0.333. The molecule has 9 nitrogen and oxygen atoms in total. The number of aromatic nitrogens is 9. The zero-order chi connectivity index (χ0) is 51.9. The summed E-state index contributed by atoms with van der Waals surface area (Å²) in [7, 11) is -32.0. The van der Waals surface area contributed by atoms with E-state index in [4.69, 9.17) is 0 Å². The summed E-state index contributed by atoms with van der Waals surface area (Å²) in [6.07, 6.45) is 16.5. The third-order valence-electron chi connectivity index (χ3n) is 7.05. The van der Waals surface area contributed by atoms with E-state index in [2.05, 4.69) is 111 Å². The van der Waals surface area contributed by atoms with Gasteiger partial charge in [-0.05, 0) is 87.5 Å². The number of hydrogen-bond acceptors (Lipinski definition) is 6. The fourth-order valence-corrected chi connectivity index (χ4v) is 4.24. The Morgan fingerprint density at radius 2 is 0.522 bits per heavy atom. The summed E-state index contributed by atoms with van der Waals surface area (Å²) in [5.41, 5.74) is 4.23. The van der Waals surface area contributed by atoms with Crippen molar-refractivity contribution in [2.45, 2.75) is 78.6 Å². The van der Waals surface area contributed by atoms with E-state index in [1.54, 1.807) is 32.6 Å². The number of halogens is 18. The van der Waals surface area contributed by atoms with E-state index in [0.717, 1.165) is 17.5 Å². The zero-order valence-electron chi connectivity index (χ0n) is 36.4. The average Bonchev–Trinajstić information content (AvgIpc) is 3.89. The first-order valence-electron chi connectivity index (χ1n) is 18.2. The van der Waals surface area contributed by atoms with Crippen LogP contribution in [0.4, 0.5) is 75.5 Å². The van der Waals surface area contributed by atoms with Crippen LogP contribution in [0.5, 0.6) is 0 Å². The number of hydrogen-bond donors (Lipinski definition) is 0. The maximum Gasteiger partial charge on any atom is 3.00 e. The van der Waals surface area contributed by atoms with Gasteiger partial charge in [-0.2, -0.15) is 15.3 Å². The molecule has 0 aromatic carbocycles. The van der Waals surface area contributed by atoms with Crippen LogP contribution < -0.4 is 0 Å². The van der Waals surface area contributed by atoms with Gasteiger partial charge in [0.05, 0.1) is 0 Å². The Morgan fingerprint density at radius 3 is 0.657 bits per heavy atom. The third kappa shape index (κ3) is 37.3. The minimum Gasteiger partial charge on any atom is 3.00 e. The average molecular weight is 1100 g/mol. The molecule has 384 valence electrons. The Hall–Kier alpha value is -4.38. The van der Waals surface area contributed by atoms with Gasteiger partial charge in [0.15, 0.2) is 17.5 Å². The van der Waals surface area contributed by atoms with Gasteiger partial charge in [0.25, 0.3) is 0 Å². The van der Waals surface area contributed by atoms with Crippen LogP contribution in [0.1, 0.15) is 79.0 Å². The standard InChI is InChI=1S/3C12H15N3.Co.3F6P/c3*1-12(2,3)10-5-7-13-11(9-10)15-8-4-6-14-15;;3*1-7(2,3,4,5)6/h3*4-9H,1-3H3;;;;/q;;;+3;3*-1. The van der Waals surface area contributed by atoms with Gasteiger partial charge in [0.2, 0.25) is 0 Å². The van der Waals surface area contributed by atoms with Gasteiger partial charge in [-0.25, -0.2) is 29.0 Å². The number of pyridine rings is 3. The second kappa shape index (κ2) is 18.8. The molecule has 0 atom stereocenters. The van der Waals surface area contributed by atoms with Crippen molar-refractivity contribution < 1.29 is 92.3 Å². The zero-order valence-corrected chi connectivity index (χ0v) is 40.1. The monoisotopic (exact) mass is 1100 g/mol. The van der Waals surface area contributed by atoms with Crippen molar-refractivity contribution in [1.29, 1.82) is 0 Å². The van der Waals surface area contributed by atoms with Gasteiger partial charge < -0.3 is 0 Å². The summed E-state index contributed by atoms with van der Waals surface area (Å²) in [5, 5.41) is 12.5. The van der Waals surface area contributed by atoms with Gasteiger partial charge in [-0.3, -0.25) is 0 Å². The predicted octanol–water partition coefficient (Wildman–Crippen LogP) is 17.8. The molecule has 0 aliphatic rings. The number of rotatable bonds is 3. The molecule has 0 aliphatic carbocycles. The van der Waals surface area contributed by atoms with Crippen LogP contribution in [0.25, 0.3) is 17.5 Å². The maximum absolute atomic E-state index is 10.7. The Kier molecular flexibility index (Phi) is 17.6. The molecule has 0 unspecified atom stereocenters. The van der Waals surface area contributed by atoms with Crippen molar-refractivity contribution in [3.05, 3.63) is 127 Å². The van der Waals surface area contributed by atoms with Gasteiger partial charge in [-0.1, -0.05) is 62.3 Å². The molecule has 0 spiro atoms. The van der Waals surface area contributed by atoms with Crippen LogP contribution >= 0.6 is 23.4 Å². The first kappa shape index (κ1) is 62.6. The van der Waals surface area contributed by atoms with Crippen molar-refractivity contribution in [2.24, 2.45) is 0 Å². The summed E-state index contributed by atoms with van der Waals surface area (Å²) in [6.45, 7) is 19.7. The molecule has 0 bridgehead atoms. The van der Waals surface area contributed by atoms with E-state index >= 15 is 0 Å². The van der Waals surface area contributed by atoms with Crippen molar-refractivity contribution in [3.8, 4) is 17.5 Å². The minimum absolute atomic E-state index is 0. The van der Waals surface area contributed by atoms with Crippen molar-refractivity contribution in [1.82, 2.24) is 44.3 Å². The van der Waals surface area contributed by atoms with Crippen LogP contribution in [-0.4, -0.2) is 44.3 Å². The molecule has 0 radical (unpaired) electrons. The van der Waals surface area contributed by atoms with Crippen LogP contribution in [0.3, 0.4) is 0 Å². The summed E-state index contributed by atoms with van der Waals surface area (Å²) >= 11 is 0. The quantitative estimate of drug-likeness (QED) is 0.129. The fourth-order valence-electron chi connectivity index (χ4n) is 4.24. The molecular formula is C36H45CoF18N9P3. The van der Waals surface area contributed by atoms with Gasteiger partial charge in [-0.15, -0.1) is 0 Å². The Labute approximate surface area is 382 Å². The van der Waals surface area contributed by atoms with Crippen molar-refractivity contribution >= 4 is 23.4 Å². The third-order valence-corrected chi connectivity index (χ3v) is 7.05. The SMILES string of the molecule is CC(C)(C)c1ccnc(-n2cccn2)c1.CC(C)(C)c1ccnc(-n2cccn2)c1.CC(C)(C)c1ccnc(-n2cccn2)c1.F[P-](F)(F)(F)(F)F.F[P-](F)(F)(F)(F)F.F[P-](F)(F)(F)(F)F.[Co+3]. The molecule has 31 heteroatoms. The number of nitrogens with zero attached hydrogens (tertiary/aromatic N) is 9. The Bertz CT molecular complexity index is 2140. The van der Waals surface area contributed by atoms with Gasteiger partial charge in [0.1, 0.15) is 0 Å². The first-order chi connectivity index (χ1) is 28.6. The molecule has 6 aromatic heterocycles. The van der Waals surface area contributed by atoms with Gasteiger partial charge in [0, 0.05) is 55.8 Å². The summed E-state index contributed by atoms with van der Waals surface area (Å²) in [6, 6.07) is 18.1. The predicted molar refractivity (Wildman–Crippen MR) is 221 cm³/mol. The molecule has 0 N–H and O–H groups in total. The largest absolute Gasteiger partial charge is 3.00 e. The van der Waals surface area contributed by atoms with E-state index in [0.29, 0.717) is 0 Å². The van der Waals surface area contributed by atoms with E-state index < -0.39 is 23.4 Å². The van der Waals surface area contributed by atoms with Crippen LogP contribution in [0.15, 0.2) is 110 Å². The molecule has 0 aliphatic heterocycles. The Balaban J connectivity index is 0.000000807. The maximum atomic E-state index is 9.87. The summed E-state index contributed by atoms with van der Waals surface area (Å²) < 4.78 is 183. The van der Waals surface area contributed by atoms with E-state index in [9.17, 15) is 75.5 Å². The molecule has 0 saturated heterocycles. The van der Waals surface area contributed by atoms with Crippen molar-refractivity contribution in [2.75, 3.05) is 0 Å². The summed E-state index contributed by atoms with van der Waals surface area (Å²) in [4.78, 5) is 12.9. The second-order valence-electron chi connectivity index (χ2n) is 16.7. The summed E-state index contributed by atoms with van der Waals surface area (Å²) in [5.74, 6) is 2.60. The topological polar surface area (TPSA) is 92.1 Å². The smallest absolute Gasteiger partial charge is 3.00 e. The minimum atomic E-state index is -10.7.